The molecule has 1 heterocycles. The van der Waals surface area contributed by atoms with Crippen LogP contribution < -0.4 is 5.32 Å². The van der Waals surface area contributed by atoms with Crippen molar-refractivity contribution in [3.63, 3.8) is 0 Å². The molecule has 0 atom stereocenters. The number of rotatable bonds is 7. The van der Waals surface area contributed by atoms with Crippen molar-refractivity contribution in [2.45, 2.75) is 20.3 Å². The zero-order valence-electron chi connectivity index (χ0n) is 11.6. The van der Waals surface area contributed by atoms with Crippen LogP contribution in [-0.2, 0) is 4.74 Å². The lowest BCUT2D eigenvalue weighted by Crippen LogP contribution is -2.10. The molecule has 4 heteroatoms. The summed E-state index contributed by atoms with van der Waals surface area (Å²) in [5.74, 6) is 1.28. The van der Waals surface area contributed by atoms with E-state index in [-0.39, 0.29) is 0 Å². The quantitative estimate of drug-likeness (QED) is 0.776. The second-order valence-corrected chi connectivity index (χ2v) is 5.00. The molecule has 102 valence electrons. The van der Waals surface area contributed by atoms with Crippen LogP contribution in [0.3, 0.4) is 0 Å². The Morgan fingerprint density at radius 3 is 2.95 bits per heavy atom. The molecule has 0 fully saturated rings. The van der Waals surface area contributed by atoms with E-state index < -0.39 is 0 Å². The highest BCUT2D eigenvalue weighted by molar-refractivity contribution is 5.78. The third kappa shape index (κ3) is 4.48. The van der Waals surface area contributed by atoms with Crippen molar-refractivity contribution < 1.29 is 4.74 Å². The highest BCUT2D eigenvalue weighted by atomic mass is 16.5. The minimum absolute atomic E-state index is 0.594. The van der Waals surface area contributed by atoms with Crippen molar-refractivity contribution in [2.75, 3.05) is 25.1 Å². The van der Waals surface area contributed by atoms with Crippen molar-refractivity contribution in [3.05, 3.63) is 30.5 Å². The molecule has 4 nitrogen and oxygen atoms in total. The molecule has 0 unspecified atom stereocenters. The van der Waals surface area contributed by atoms with Crippen LogP contribution in [0.1, 0.15) is 20.3 Å². The van der Waals surface area contributed by atoms with Gasteiger partial charge in [-0.05, 0) is 18.4 Å². The fraction of sp³-hybridized carbons (Fsp3) is 0.467. The van der Waals surface area contributed by atoms with Crippen molar-refractivity contribution >= 4 is 16.9 Å². The Balaban J connectivity index is 1.75. The third-order valence-electron chi connectivity index (χ3n) is 2.69. The SMILES string of the molecule is CC(C)COCCCNc1ncc2ccccc2n1. The zero-order chi connectivity index (χ0) is 13.5. The molecule has 0 bridgehead atoms. The highest BCUT2D eigenvalue weighted by Crippen LogP contribution is 2.11. The molecule has 19 heavy (non-hydrogen) atoms. The van der Waals surface area contributed by atoms with E-state index >= 15 is 0 Å². The molecule has 1 aromatic heterocycles. The van der Waals surface area contributed by atoms with Crippen molar-refractivity contribution in [1.29, 1.82) is 0 Å². The summed E-state index contributed by atoms with van der Waals surface area (Å²) < 4.78 is 5.52. The zero-order valence-corrected chi connectivity index (χ0v) is 11.6. The predicted octanol–water partition coefficient (Wildman–Crippen LogP) is 3.10. The number of nitrogens with zero attached hydrogens (tertiary/aromatic N) is 2. The summed E-state index contributed by atoms with van der Waals surface area (Å²) in [6.07, 6.45) is 2.81. The summed E-state index contributed by atoms with van der Waals surface area (Å²) in [5.41, 5.74) is 0.969. The Kier molecular flexibility index (Phi) is 5.10. The van der Waals surface area contributed by atoms with Crippen LogP contribution in [0, 0.1) is 5.92 Å². The minimum Gasteiger partial charge on any atom is -0.381 e. The van der Waals surface area contributed by atoms with Gasteiger partial charge in [-0.3, -0.25) is 0 Å². The van der Waals surface area contributed by atoms with Gasteiger partial charge in [0.15, 0.2) is 0 Å². The topological polar surface area (TPSA) is 47.0 Å². The van der Waals surface area contributed by atoms with Gasteiger partial charge in [-0.2, -0.15) is 0 Å². The first-order valence-corrected chi connectivity index (χ1v) is 6.79. The first-order chi connectivity index (χ1) is 9.25. The summed E-state index contributed by atoms with van der Waals surface area (Å²) in [5, 5.41) is 4.29. The van der Waals surface area contributed by atoms with E-state index in [9.17, 15) is 0 Å². The molecule has 1 N–H and O–H groups in total. The van der Waals surface area contributed by atoms with E-state index in [2.05, 4.69) is 29.1 Å². The van der Waals surface area contributed by atoms with Gasteiger partial charge in [-0.15, -0.1) is 0 Å². The van der Waals surface area contributed by atoms with E-state index in [0.717, 1.165) is 37.1 Å². The minimum atomic E-state index is 0.594. The molecule has 0 aliphatic rings. The summed E-state index contributed by atoms with van der Waals surface area (Å²) in [4.78, 5) is 8.75. The maximum absolute atomic E-state index is 5.52. The number of benzene rings is 1. The van der Waals surface area contributed by atoms with Crippen LogP contribution in [0.5, 0.6) is 0 Å². The summed E-state index contributed by atoms with van der Waals surface area (Å²) in [7, 11) is 0. The molecule has 2 rings (SSSR count). The molecule has 0 aliphatic heterocycles. The average Bonchev–Trinajstić information content (AvgIpc) is 2.42. The predicted molar refractivity (Wildman–Crippen MR) is 78.3 cm³/mol. The van der Waals surface area contributed by atoms with E-state index in [1.54, 1.807) is 0 Å². The van der Waals surface area contributed by atoms with Gasteiger partial charge >= 0.3 is 0 Å². The van der Waals surface area contributed by atoms with Crippen LogP contribution in [0.25, 0.3) is 10.9 Å². The molecule has 0 saturated heterocycles. The molecule has 0 amide bonds. The number of hydrogen-bond donors (Lipinski definition) is 1. The van der Waals surface area contributed by atoms with E-state index in [0.29, 0.717) is 11.9 Å². The van der Waals surface area contributed by atoms with Crippen molar-refractivity contribution in [3.8, 4) is 0 Å². The van der Waals surface area contributed by atoms with E-state index in [4.69, 9.17) is 4.74 Å². The van der Waals surface area contributed by atoms with Gasteiger partial charge in [0.25, 0.3) is 0 Å². The lowest BCUT2D eigenvalue weighted by molar-refractivity contribution is 0.110. The Hall–Kier alpha value is -1.68. The Morgan fingerprint density at radius 1 is 1.26 bits per heavy atom. The number of aromatic nitrogens is 2. The van der Waals surface area contributed by atoms with Crippen LogP contribution in [0.15, 0.2) is 30.5 Å². The van der Waals surface area contributed by atoms with Gasteiger partial charge in [0, 0.05) is 31.3 Å². The van der Waals surface area contributed by atoms with E-state index in [1.807, 2.05) is 30.5 Å². The normalized spacial score (nSPS) is 11.1. The van der Waals surface area contributed by atoms with Gasteiger partial charge in [-0.25, -0.2) is 9.97 Å². The first-order valence-electron chi connectivity index (χ1n) is 6.79. The number of hydrogen-bond acceptors (Lipinski definition) is 4. The van der Waals surface area contributed by atoms with Gasteiger partial charge in [0.2, 0.25) is 5.95 Å². The fourth-order valence-electron chi connectivity index (χ4n) is 1.75. The van der Waals surface area contributed by atoms with Gasteiger partial charge in [-0.1, -0.05) is 32.0 Å². The van der Waals surface area contributed by atoms with Crippen LogP contribution >= 0.6 is 0 Å². The van der Waals surface area contributed by atoms with Gasteiger partial charge in [0.1, 0.15) is 0 Å². The molecule has 0 radical (unpaired) electrons. The molecule has 0 spiro atoms. The second kappa shape index (κ2) is 7.04. The number of fused-ring (bicyclic) bond motifs is 1. The standard InChI is InChI=1S/C15H21N3O/c1-12(2)11-19-9-5-8-16-15-17-10-13-6-3-4-7-14(13)18-15/h3-4,6-7,10,12H,5,8-9,11H2,1-2H3,(H,16,17,18). The van der Waals surface area contributed by atoms with Crippen molar-refractivity contribution in [2.24, 2.45) is 5.92 Å². The van der Waals surface area contributed by atoms with Crippen molar-refractivity contribution in [1.82, 2.24) is 9.97 Å². The monoisotopic (exact) mass is 259 g/mol. The van der Waals surface area contributed by atoms with Crippen LogP contribution in [0.2, 0.25) is 0 Å². The fourth-order valence-corrected chi connectivity index (χ4v) is 1.75. The summed E-state index contributed by atoms with van der Waals surface area (Å²) >= 11 is 0. The van der Waals surface area contributed by atoms with Gasteiger partial charge in [0.05, 0.1) is 5.52 Å². The number of nitrogens with one attached hydrogen (secondary N) is 1. The van der Waals surface area contributed by atoms with E-state index in [1.165, 1.54) is 0 Å². The molecule has 2 aromatic rings. The second-order valence-electron chi connectivity index (χ2n) is 5.00. The maximum Gasteiger partial charge on any atom is 0.223 e. The molecular weight excluding hydrogens is 238 g/mol. The molecule has 1 aromatic carbocycles. The lowest BCUT2D eigenvalue weighted by atomic mass is 10.2. The number of ether oxygens (including phenoxy) is 1. The largest absolute Gasteiger partial charge is 0.381 e. The highest BCUT2D eigenvalue weighted by Gasteiger charge is 1.99. The summed E-state index contributed by atoms with van der Waals surface area (Å²) in [6, 6.07) is 7.98. The van der Waals surface area contributed by atoms with Crippen LogP contribution in [-0.4, -0.2) is 29.7 Å². The lowest BCUT2D eigenvalue weighted by Gasteiger charge is -2.08. The molecule has 0 saturated carbocycles. The Labute approximate surface area is 114 Å². The third-order valence-corrected chi connectivity index (χ3v) is 2.69. The Morgan fingerprint density at radius 2 is 2.11 bits per heavy atom. The molecule has 0 aliphatic carbocycles. The maximum atomic E-state index is 5.52. The Bertz CT molecular complexity index is 513. The molecular formula is C15H21N3O. The average molecular weight is 259 g/mol. The van der Waals surface area contributed by atoms with Crippen LogP contribution in [0.4, 0.5) is 5.95 Å². The number of para-hydroxylation sites is 1. The van der Waals surface area contributed by atoms with Gasteiger partial charge < -0.3 is 10.1 Å². The smallest absolute Gasteiger partial charge is 0.223 e. The number of anilines is 1. The first kappa shape index (κ1) is 13.7. The summed E-state index contributed by atoms with van der Waals surface area (Å²) in [6.45, 7) is 6.74.